The number of carbonyl (C=O) groups is 1. The molecule has 0 atom stereocenters. The number of H-pyrrole nitrogens is 1. The van der Waals surface area contributed by atoms with Gasteiger partial charge in [-0.15, -0.1) is 10.2 Å². The van der Waals surface area contributed by atoms with Crippen LogP contribution < -0.4 is 5.32 Å². The van der Waals surface area contributed by atoms with Crippen molar-refractivity contribution in [2.45, 2.75) is 38.1 Å². The van der Waals surface area contributed by atoms with Gasteiger partial charge >= 0.3 is 0 Å². The molecule has 3 aromatic rings. The van der Waals surface area contributed by atoms with Crippen molar-refractivity contribution in [3.05, 3.63) is 53.6 Å². The van der Waals surface area contributed by atoms with Gasteiger partial charge in [-0.25, -0.2) is 4.68 Å². The molecular weight excluding hydrogens is 318 g/mol. The van der Waals surface area contributed by atoms with Crippen molar-refractivity contribution in [1.29, 1.82) is 0 Å². The first-order valence-electron chi connectivity index (χ1n) is 8.36. The SMILES string of the molecule is Cc1c(C(=O)NC2(c3nn[nH]n3)CCCC2)cnn1-c1ccccc1. The molecule has 0 spiro atoms. The summed E-state index contributed by atoms with van der Waals surface area (Å²) in [6.07, 6.45) is 5.28. The quantitative estimate of drug-likeness (QED) is 0.757. The van der Waals surface area contributed by atoms with Crippen molar-refractivity contribution in [3.8, 4) is 5.69 Å². The van der Waals surface area contributed by atoms with E-state index in [0.29, 0.717) is 11.4 Å². The fourth-order valence-corrected chi connectivity index (χ4v) is 3.49. The highest BCUT2D eigenvalue weighted by molar-refractivity contribution is 5.95. The van der Waals surface area contributed by atoms with Crippen LogP contribution in [0.25, 0.3) is 5.69 Å². The molecule has 2 heterocycles. The second kappa shape index (κ2) is 6.12. The lowest BCUT2D eigenvalue weighted by molar-refractivity contribution is 0.0892. The van der Waals surface area contributed by atoms with Gasteiger partial charge in [0.2, 0.25) is 0 Å². The standard InChI is InChI=1S/C17H19N7O/c1-12-14(11-18-24(12)13-7-3-2-4-8-13)15(25)19-17(9-5-6-10-17)16-20-22-23-21-16/h2-4,7-8,11H,5-6,9-10H2,1H3,(H,19,25)(H,20,21,22,23). The molecule has 0 bridgehead atoms. The van der Waals surface area contributed by atoms with Gasteiger partial charge in [0.15, 0.2) is 5.82 Å². The van der Waals surface area contributed by atoms with Crippen LogP contribution in [-0.4, -0.2) is 36.3 Å². The second-order valence-electron chi connectivity index (χ2n) is 6.37. The van der Waals surface area contributed by atoms with Gasteiger partial charge in [0.25, 0.3) is 5.91 Å². The summed E-state index contributed by atoms with van der Waals surface area (Å²) in [6, 6.07) is 9.75. The fraction of sp³-hybridized carbons (Fsp3) is 0.353. The number of hydrogen-bond acceptors (Lipinski definition) is 5. The van der Waals surface area contributed by atoms with Crippen LogP contribution in [0.4, 0.5) is 0 Å². The molecule has 0 radical (unpaired) electrons. The van der Waals surface area contributed by atoms with Gasteiger partial charge in [0.1, 0.15) is 5.54 Å². The van der Waals surface area contributed by atoms with Gasteiger partial charge in [-0.2, -0.15) is 10.3 Å². The lowest BCUT2D eigenvalue weighted by Crippen LogP contribution is -2.44. The van der Waals surface area contributed by atoms with Crippen molar-refractivity contribution in [3.63, 3.8) is 0 Å². The molecule has 4 rings (SSSR count). The summed E-state index contributed by atoms with van der Waals surface area (Å²) in [5.74, 6) is 0.387. The van der Waals surface area contributed by atoms with E-state index < -0.39 is 5.54 Å². The highest BCUT2D eigenvalue weighted by Gasteiger charge is 2.41. The van der Waals surface area contributed by atoms with Crippen molar-refractivity contribution in [2.24, 2.45) is 0 Å². The van der Waals surface area contributed by atoms with Crippen molar-refractivity contribution >= 4 is 5.91 Å². The van der Waals surface area contributed by atoms with E-state index in [-0.39, 0.29) is 5.91 Å². The number of rotatable bonds is 4. The maximum atomic E-state index is 12.9. The predicted molar refractivity (Wildman–Crippen MR) is 90.1 cm³/mol. The van der Waals surface area contributed by atoms with Crippen LogP contribution in [0.2, 0.25) is 0 Å². The molecule has 8 nitrogen and oxygen atoms in total. The Morgan fingerprint density at radius 3 is 2.68 bits per heavy atom. The molecule has 2 aromatic heterocycles. The van der Waals surface area contributed by atoms with Crippen LogP contribution in [0.3, 0.4) is 0 Å². The average Bonchev–Trinajstić information content (AvgIpc) is 3.36. The monoisotopic (exact) mass is 337 g/mol. The number of tetrazole rings is 1. The number of carbonyl (C=O) groups excluding carboxylic acids is 1. The van der Waals surface area contributed by atoms with Crippen LogP contribution >= 0.6 is 0 Å². The van der Waals surface area contributed by atoms with Crippen molar-refractivity contribution in [1.82, 2.24) is 35.7 Å². The van der Waals surface area contributed by atoms with Crippen LogP contribution in [0, 0.1) is 6.92 Å². The minimum absolute atomic E-state index is 0.161. The first-order valence-corrected chi connectivity index (χ1v) is 8.36. The molecule has 1 aliphatic rings. The largest absolute Gasteiger partial charge is 0.339 e. The van der Waals surface area contributed by atoms with E-state index in [2.05, 4.69) is 31.0 Å². The number of nitrogens with zero attached hydrogens (tertiary/aromatic N) is 5. The third-order valence-corrected chi connectivity index (χ3v) is 4.84. The minimum atomic E-state index is -0.550. The molecule has 0 aliphatic heterocycles. The molecule has 1 amide bonds. The molecule has 128 valence electrons. The Hall–Kier alpha value is -3.03. The highest BCUT2D eigenvalue weighted by Crippen LogP contribution is 2.37. The summed E-state index contributed by atoms with van der Waals surface area (Å²) in [4.78, 5) is 12.9. The van der Waals surface area contributed by atoms with Crippen molar-refractivity contribution < 1.29 is 4.79 Å². The molecule has 0 unspecified atom stereocenters. The molecule has 1 aliphatic carbocycles. The normalized spacial score (nSPS) is 16.0. The van der Waals surface area contributed by atoms with E-state index >= 15 is 0 Å². The number of amides is 1. The lowest BCUT2D eigenvalue weighted by Gasteiger charge is -2.26. The Morgan fingerprint density at radius 1 is 1.24 bits per heavy atom. The van der Waals surface area contributed by atoms with E-state index in [9.17, 15) is 4.79 Å². The Morgan fingerprint density at radius 2 is 2.00 bits per heavy atom. The van der Waals surface area contributed by atoms with Crippen molar-refractivity contribution in [2.75, 3.05) is 0 Å². The zero-order chi connectivity index (χ0) is 17.3. The Kier molecular flexibility index (Phi) is 3.79. The van der Waals surface area contributed by atoms with Gasteiger partial charge in [-0.3, -0.25) is 4.79 Å². The molecule has 0 saturated heterocycles. The van der Waals surface area contributed by atoms with E-state index in [1.807, 2.05) is 37.3 Å². The Balaban J connectivity index is 1.63. The topological polar surface area (TPSA) is 101 Å². The van der Waals surface area contributed by atoms with Crippen LogP contribution in [0.1, 0.15) is 47.6 Å². The van der Waals surface area contributed by atoms with Crippen LogP contribution in [0.15, 0.2) is 36.5 Å². The number of hydrogen-bond donors (Lipinski definition) is 2. The van der Waals surface area contributed by atoms with Gasteiger partial charge < -0.3 is 5.32 Å². The third-order valence-electron chi connectivity index (χ3n) is 4.84. The summed E-state index contributed by atoms with van der Waals surface area (Å²) < 4.78 is 1.77. The van der Waals surface area contributed by atoms with E-state index in [0.717, 1.165) is 37.1 Å². The number of benzene rings is 1. The zero-order valence-corrected chi connectivity index (χ0v) is 13.9. The third kappa shape index (κ3) is 2.69. The van der Waals surface area contributed by atoms with Crippen LogP contribution in [0.5, 0.6) is 0 Å². The molecule has 1 aromatic carbocycles. The fourth-order valence-electron chi connectivity index (χ4n) is 3.49. The number of nitrogens with one attached hydrogen (secondary N) is 2. The maximum absolute atomic E-state index is 12.9. The smallest absolute Gasteiger partial charge is 0.255 e. The first kappa shape index (κ1) is 15.5. The predicted octanol–water partition coefficient (Wildman–Crippen LogP) is 1.89. The minimum Gasteiger partial charge on any atom is -0.339 e. The van der Waals surface area contributed by atoms with E-state index in [4.69, 9.17) is 0 Å². The molecule has 1 saturated carbocycles. The van der Waals surface area contributed by atoms with Gasteiger partial charge in [0, 0.05) is 0 Å². The number of aromatic nitrogens is 6. The molecule has 2 N–H and O–H groups in total. The maximum Gasteiger partial charge on any atom is 0.255 e. The Labute approximate surface area is 144 Å². The van der Waals surface area contributed by atoms with Gasteiger partial charge in [0.05, 0.1) is 23.1 Å². The van der Waals surface area contributed by atoms with E-state index in [1.54, 1.807) is 10.9 Å². The second-order valence-corrected chi connectivity index (χ2v) is 6.37. The van der Waals surface area contributed by atoms with E-state index in [1.165, 1.54) is 0 Å². The summed E-state index contributed by atoms with van der Waals surface area (Å²) in [6.45, 7) is 1.89. The van der Waals surface area contributed by atoms with Gasteiger partial charge in [-0.05, 0) is 31.9 Å². The molecule has 25 heavy (non-hydrogen) atoms. The number of para-hydroxylation sites is 1. The number of aromatic amines is 1. The Bertz CT molecular complexity index is 864. The average molecular weight is 337 g/mol. The van der Waals surface area contributed by atoms with Gasteiger partial charge in [-0.1, -0.05) is 36.3 Å². The zero-order valence-electron chi connectivity index (χ0n) is 13.9. The molecular formula is C17H19N7O. The summed E-state index contributed by atoms with van der Waals surface area (Å²) in [5, 5.41) is 21.9. The first-order chi connectivity index (χ1) is 12.2. The molecule has 1 fully saturated rings. The lowest BCUT2D eigenvalue weighted by atomic mass is 9.96. The summed E-state index contributed by atoms with van der Waals surface area (Å²) >= 11 is 0. The summed E-state index contributed by atoms with van der Waals surface area (Å²) in [7, 11) is 0. The molecule has 8 heteroatoms. The summed E-state index contributed by atoms with van der Waals surface area (Å²) in [5.41, 5.74) is 1.72. The highest BCUT2D eigenvalue weighted by atomic mass is 16.1. The van der Waals surface area contributed by atoms with Crippen LogP contribution in [-0.2, 0) is 5.54 Å².